The number of thioether (sulfide) groups is 1. The average molecular weight is 319 g/mol. The smallest absolute Gasteiger partial charge is 0.265 e. The van der Waals surface area contributed by atoms with Gasteiger partial charge in [-0.3, -0.25) is 4.79 Å². The van der Waals surface area contributed by atoms with Crippen LogP contribution in [0.4, 0.5) is 0 Å². The molecule has 0 aromatic carbocycles. The van der Waals surface area contributed by atoms with Gasteiger partial charge in [-0.05, 0) is 21.8 Å². The minimum Gasteiger partial charge on any atom is -0.369 e. The van der Waals surface area contributed by atoms with Gasteiger partial charge in [0.05, 0.1) is 12.3 Å². The van der Waals surface area contributed by atoms with Crippen LogP contribution >= 0.6 is 27.7 Å². The number of aromatic nitrogens is 2. The zero-order valence-electron chi connectivity index (χ0n) is 9.83. The lowest BCUT2D eigenvalue weighted by atomic mass is 10.1. The Labute approximate surface area is 113 Å². The van der Waals surface area contributed by atoms with Gasteiger partial charge < -0.3 is 9.72 Å². The molecule has 0 bridgehead atoms. The van der Waals surface area contributed by atoms with E-state index in [1.807, 2.05) is 25.6 Å². The maximum atomic E-state index is 11.8. The first-order chi connectivity index (χ1) is 8.09. The first-order valence-electron chi connectivity index (χ1n) is 5.58. The van der Waals surface area contributed by atoms with Gasteiger partial charge in [0, 0.05) is 11.5 Å². The quantitative estimate of drug-likeness (QED) is 0.910. The summed E-state index contributed by atoms with van der Waals surface area (Å²) in [6.45, 7) is 4.76. The molecule has 0 amide bonds. The molecule has 0 spiro atoms. The van der Waals surface area contributed by atoms with Crippen LogP contribution in [0.3, 0.4) is 0 Å². The zero-order valence-corrected chi connectivity index (χ0v) is 12.2. The summed E-state index contributed by atoms with van der Waals surface area (Å²) in [5, 5.41) is 0. The fraction of sp³-hybridized carbons (Fsp3) is 0.636. The van der Waals surface area contributed by atoms with Gasteiger partial charge in [0.25, 0.3) is 5.56 Å². The number of aromatic amines is 1. The Balaban J connectivity index is 2.37. The Morgan fingerprint density at radius 1 is 1.59 bits per heavy atom. The van der Waals surface area contributed by atoms with Gasteiger partial charge in [-0.1, -0.05) is 13.8 Å². The standard InChI is InChI=1S/C11H15BrN2O2S/c1-6(2)9-8(12)11(15)14-10(13-9)7-5-17-4-3-16-7/h6-7H,3-5H2,1-2H3,(H,13,14,15). The minimum atomic E-state index is -0.127. The molecule has 1 unspecified atom stereocenters. The Bertz CT molecular complexity index is 455. The Morgan fingerprint density at radius 2 is 2.35 bits per heavy atom. The van der Waals surface area contributed by atoms with E-state index in [9.17, 15) is 4.79 Å². The first kappa shape index (κ1) is 13.1. The van der Waals surface area contributed by atoms with Crippen LogP contribution in [-0.4, -0.2) is 28.1 Å². The van der Waals surface area contributed by atoms with E-state index in [4.69, 9.17) is 4.74 Å². The molecule has 1 aliphatic heterocycles. The van der Waals surface area contributed by atoms with Crippen molar-refractivity contribution in [3.05, 3.63) is 26.3 Å². The summed E-state index contributed by atoms with van der Waals surface area (Å²) in [4.78, 5) is 19.1. The van der Waals surface area contributed by atoms with Crippen molar-refractivity contribution in [1.82, 2.24) is 9.97 Å². The second kappa shape index (κ2) is 5.54. The third-order valence-corrected chi connectivity index (χ3v) is 4.33. The SMILES string of the molecule is CC(C)c1nc(C2CSCCO2)[nH]c(=O)c1Br. The molecule has 1 aliphatic rings. The first-order valence-corrected chi connectivity index (χ1v) is 7.53. The van der Waals surface area contributed by atoms with E-state index in [2.05, 4.69) is 25.9 Å². The highest BCUT2D eigenvalue weighted by molar-refractivity contribution is 9.10. The molecule has 2 heterocycles. The fourth-order valence-corrected chi connectivity index (χ4v) is 3.17. The molecule has 1 atom stereocenters. The maximum Gasteiger partial charge on any atom is 0.265 e. The highest BCUT2D eigenvalue weighted by Crippen LogP contribution is 2.26. The number of hydrogen-bond donors (Lipinski definition) is 1. The van der Waals surface area contributed by atoms with Gasteiger partial charge >= 0.3 is 0 Å². The lowest BCUT2D eigenvalue weighted by Crippen LogP contribution is -2.23. The Kier molecular flexibility index (Phi) is 4.27. The second-order valence-electron chi connectivity index (χ2n) is 4.24. The van der Waals surface area contributed by atoms with Crippen LogP contribution < -0.4 is 5.56 Å². The van der Waals surface area contributed by atoms with Gasteiger partial charge in [-0.15, -0.1) is 0 Å². The number of halogens is 1. The van der Waals surface area contributed by atoms with E-state index in [1.165, 1.54) is 0 Å². The molecular formula is C11H15BrN2O2S. The van der Waals surface area contributed by atoms with Gasteiger partial charge in [-0.25, -0.2) is 4.98 Å². The Hall–Kier alpha value is -0.330. The molecule has 0 saturated carbocycles. The van der Waals surface area contributed by atoms with Crippen LogP contribution in [0, 0.1) is 0 Å². The Morgan fingerprint density at radius 3 is 2.94 bits per heavy atom. The summed E-state index contributed by atoms with van der Waals surface area (Å²) in [5.74, 6) is 2.71. The van der Waals surface area contributed by atoms with Gasteiger partial charge in [0.2, 0.25) is 0 Å². The topological polar surface area (TPSA) is 55.0 Å². The highest BCUT2D eigenvalue weighted by Gasteiger charge is 2.21. The number of H-pyrrole nitrogens is 1. The minimum absolute atomic E-state index is 0.0907. The van der Waals surface area contributed by atoms with Crippen LogP contribution in [0.1, 0.15) is 37.4 Å². The molecule has 1 aromatic heterocycles. The molecular weight excluding hydrogens is 304 g/mol. The summed E-state index contributed by atoms with van der Waals surface area (Å²) in [6.07, 6.45) is -0.0907. The fourth-order valence-electron chi connectivity index (χ4n) is 1.67. The van der Waals surface area contributed by atoms with Crippen molar-refractivity contribution in [2.45, 2.75) is 25.9 Å². The second-order valence-corrected chi connectivity index (χ2v) is 6.18. The van der Waals surface area contributed by atoms with Crippen LogP contribution in [0.2, 0.25) is 0 Å². The molecule has 1 saturated heterocycles. The third-order valence-electron chi connectivity index (χ3n) is 2.57. The summed E-state index contributed by atoms with van der Waals surface area (Å²) in [7, 11) is 0. The normalized spacial score (nSPS) is 20.8. The average Bonchev–Trinajstić information content (AvgIpc) is 2.33. The molecule has 4 nitrogen and oxygen atoms in total. The summed E-state index contributed by atoms with van der Waals surface area (Å²) in [5.41, 5.74) is 0.667. The van der Waals surface area contributed by atoms with Gasteiger partial charge in [-0.2, -0.15) is 11.8 Å². The third kappa shape index (κ3) is 2.92. The maximum absolute atomic E-state index is 11.8. The molecule has 2 rings (SSSR count). The van der Waals surface area contributed by atoms with E-state index in [0.717, 1.165) is 17.2 Å². The highest BCUT2D eigenvalue weighted by atomic mass is 79.9. The van der Waals surface area contributed by atoms with Gasteiger partial charge in [0.15, 0.2) is 0 Å². The monoisotopic (exact) mass is 318 g/mol. The van der Waals surface area contributed by atoms with Crippen LogP contribution in [0.15, 0.2) is 9.27 Å². The predicted molar refractivity (Wildman–Crippen MR) is 72.7 cm³/mol. The van der Waals surface area contributed by atoms with Crippen molar-refractivity contribution >= 4 is 27.7 Å². The number of nitrogens with zero attached hydrogens (tertiary/aromatic N) is 1. The van der Waals surface area contributed by atoms with E-state index in [0.29, 0.717) is 16.9 Å². The lowest BCUT2D eigenvalue weighted by molar-refractivity contribution is 0.0690. The summed E-state index contributed by atoms with van der Waals surface area (Å²) >= 11 is 5.11. The van der Waals surface area contributed by atoms with Crippen molar-refractivity contribution in [1.29, 1.82) is 0 Å². The predicted octanol–water partition coefficient (Wildman–Crippen LogP) is 2.46. The van der Waals surface area contributed by atoms with Crippen molar-refractivity contribution in [2.75, 3.05) is 18.1 Å². The zero-order chi connectivity index (χ0) is 12.4. The number of hydrogen-bond acceptors (Lipinski definition) is 4. The largest absolute Gasteiger partial charge is 0.369 e. The molecule has 1 fully saturated rings. The van der Waals surface area contributed by atoms with E-state index >= 15 is 0 Å². The molecule has 0 radical (unpaired) electrons. The van der Waals surface area contributed by atoms with Crippen LogP contribution in [-0.2, 0) is 4.74 Å². The van der Waals surface area contributed by atoms with Crippen molar-refractivity contribution in [2.24, 2.45) is 0 Å². The summed E-state index contributed by atoms with van der Waals surface area (Å²) < 4.78 is 6.15. The lowest BCUT2D eigenvalue weighted by Gasteiger charge is -2.22. The molecule has 1 N–H and O–H groups in total. The molecule has 0 aliphatic carbocycles. The number of ether oxygens (including phenoxy) is 1. The molecule has 94 valence electrons. The molecule has 17 heavy (non-hydrogen) atoms. The van der Waals surface area contributed by atoms with E-state index < -0.39 is 0 Å². The van der Waals surface area contributed by atoms with Gasteiger partial charge in [0.1, 0.15) is 16.4 Å². The van der Waals surface area contributed by atoms with Crippen LogP contribution in [0.25, 0.3) is 0 Å². The van der Waals surface area contributed by atoms with E-state index in [-0.39, 0.29) is 17.6 Å². The van der Waals surface area contributed by atoms with Crippen LogP contribution in [0.5, 0.6) is 0 Å². The van der Waals surface area contributed by atoms with Crippen molar-refractivity contribution in [3.8, 4) is 0 Å². The van der Waals surface area contributed by atoms with Crippen molar-refractivity contribution < 1.29 is 4.74 Å². The van der Waals surface area contributed by atoms with E-state index in [1.54, 1.807) is 0 Å². The number of nitrogens with one attached hydrogen (secondary N) is 1. The number of rotatable bonds is 2. The molecule has 1 aromatic rings. The summed E-state index contributed by atoms with van der Waals surface area (Å²) in [6, 6.07) is 0. The van der Waals surface area contributed by atoms with Crippen molar-refractivity contribution in [3.63, 3.8) is 0 Å². The molecule has 6 heteroatoms.